The van der Waals surface area contributed by atoms with Crippen molar-refractivity contribution in [3.05, 3.63) is 107 Å². The molecule has 15 nitrogen and oxygen atoms in total. The number of fused-ring (bicyclic) bond motifs is 1. The lowest BCUT2D eigenvalue weighted by Crippen LogP contribution is -2.52. The Kier molecular flexibility index (Phi) is 12.6. The lowest BCUT2D eigenvalue weighted by molar-refractivity contribution is -0.137. The maximum Gasteiger partial charge on any atom is 0.270 e. The Morgan fingerprint density at radius 1 is 0.906 bits per heavy atom. The normalized spacial score (nSPS) is 22.4. The van der Waals surface area contributed by atoms with Crippen molar-refractivity contribution >= 4 is 58.4 Å². The third-order valence-electron chi connectivity index (χ3n) is 13.4. The highest BCUT2D eigenvalue weighted by molar-refractivity contribution is 7.99. The number of carbonyl (C=O) groups is 5. The fourth-order valence-corrected chi connectivity index (χ4v) is 10.3. The number of hydrogen-bond acceptors (Lipinski definition) is 12. The number of imide groups is 1. The summed E-state index contributed by atoms with van der Waals surface area (Å²) in [5.74, 6) is -0.362. The average molecular weight is 883 g/mol. The van der Waals surface area contributed by atoms with Crippen LogP contribution in [-0.2, 0) is 27.5 Å². The van der Waals surface area contributed by atoms with Crippen LogP contribution in [0.5, 0.6) is 0 Å². The molecule has 6 heterocycles. The zero-order valence-corrected chi connectivity index (χ0v) is 36.9. The van der Waals surface area contributed by atoms with Gasteiger partial charge in [0, 0.05) is 85.5 Å². The van der Waals surface area contributed by atoms with E-state index < -0.39 is 11.9 Å². The van der Waals surface area contributed by atoms with Crippen molar-refractivity contribution in [1.29, 1.82) is 0 Å². The molecule has 64 heavy (non-hydrogen) atoms. The molecule has 1 atom stereocenters. The summed E-state index contributed by atoms with van der Waals surface area (Å²) in [6, 6.07) is 16.8. The van der Waals surface area contributed by atoms with Crippen LogP contribution >= 0.6 is 11.8 Å². The van der Waals surface area contributed by atoms with Gasteiger partial charge >= 0.3 is 0 Å². The Labute approximate surface area is 377 Å². The first-order chi connectivity index (χ1) is 30.9. The van der Waals surface area contributed by atoms with Gasteiger partial charge < -0.3 is 26.2 Å². The first kappa shape index (κ1) is 43.3. The van der Waals surface area contributed by atoms with Crippen LogP contribution in [-0.4, -0.2) is 98.1 Å². The number of rotatable bonds is 11. The van der Waals surface area contributed by atoms with Crippen molar-refractivity contribution in [2.24, 2.45) is 11.7 Å². The summed E-state index contributed by atoms with van der Waals surface area (Å²) in [6.45, 7) is 6.15. The smallest absolute Gasteiger partial charge is 0.270 e. The number of carbonyl (C=O) groups excluding carboxylic acids is 5. The molecule has 332 valence electrons. The minimum atomic E-state index is -0.672. The average Bonchev–Trinajstić information content (AvgIpc) is 3.63. The molecule has 9 rings (SSSR count). The van der Waals surface area contributed by atoms with Crippen molar-refractivity contribution in [1.82, 2.24) is 35.4 Å². The van der Waals surface area contributed by atoms with Gasteiger partial charge in [-0.15, -0.1) is 0 Å². The minimum Gasteiger partial charge on any atom is -0.355 e. The van der Waals surface area contributed by atoms with E-state index in [0.717, 1.165) is 109 Å². The quantitative estimate of drug-likeness (QED) is 0.142. The van der Waals surface area contributed by atoms with Crippen LogP contribution in [0.3, 0.4) is 0 Å². The van der Waals surface area contributed by atoms with Gasteiger partial charge in [0.25, 0.3) is 11.8 Å². The molecule has 16 heteroatoms. The second kappa shape index (κ2) is 18.6. The van der Waals surface area contributed by atoms with Gasteiger partial charge in [0.1, 0.15) is 22.6 Å². The number of aromatic nitrogens is 3. The summed E-state index contributed by atoms with van der Waals surface area (Å²) in [5.41, 5.74) is 11.6. The predicted octanol–water partition coefficient (Wildman–Crippen LogP) is 5.32. The molecule has 3 fully saturated rings. The fourth-order valence-electron chi connectivity index (χ4n) is 9.49. The number of nitrogens with zero attached hydrogens (tertiary/aromatic N) is 6. The molecule has 1 saturated carbocycles. The van der Waals surface area contributed by atoms with Gasteiger partial charge in [0.05, 0.1) is 12.4 Å². The summed E-state index contributed by atoms with van der Waals surface area (Å²) in [7, 11) is 0. The summed E-state index contributed by atoms with van der Waals surface area (Å²) < 4.78 is 0. The Morgan fingerprint density at radius 3 is 2.45 bits per heavy atom. The predicted molar refractivity (Wildman–Crippen MR) is 243 cm³/mol. The minimum absolute atomic E-state index is 0.0209. The number of hydrogen-bond donors (Lipinski definition) is 4. The molecule has 0 bridgehead atoms. The van der Waals surface area contributed by atoms with Gasteiger partial charge in [-0.25, -0.2) is 9.97 Å². The van der Waals surface area contributed by atoms with Crippen LogP contribution in [0.1, 0.15) is 102 Å². The third kappa shape index (κ3) is 9.88. The number of anilines is 2. The van der Waals surface area contributed by atoms with E-state index in [2.05, 4.69) is 53.7 Å². The molecule has 1 unspecified atom stereocenters. The summed E-state index contributed by atoms with van der Waals surface area (Å²) in [5, 5.41) is 9.23. The van der Waals surface area contributed by atoms with E-state index in [-0.39, 0.29) is 54.6 Å². The number of benzene rings is 2. The Morgan fingerprint density at radius 2 is 1.73 bits per heavy atom. The van der Waals surface area contributed by atoms with Gasteiger partial charge in [-0.3, -0.25) is 39.2 Å². The van der Waals surface area contributed by atoms with Crippen LogP contribution in [0.2, 0.25) is 0 Å². The molecule has 1 aliphatic carbocycles. The largest absolute Gasteiger partial charge is 0.355 e. The zero-order valence-electron chi connectivity index (χ0n) is 36.1. The molecular weight excluding hydrogens is 829 g/mol. The van der Waals surface area contributed by atoms with Crippen LogP contribution < -0.4 is 26.6 Å². The lowest BCUT2D eigenvalue weighted by atomic mass is 9.84. The third-order valence-corrected chi connectivity index (χ3v) is 14.3. The molecule has 4 aromatic rings. The molecule has 0 radical (unpaired) electrons. The Balaban J connectivity index is 0.703. The van der Waals surface area contributed by atoms with E-state index in [4.69, 9.17) is 5.73 Å². The summed E-state index contributed by atoms with van der Waals surface area (Å²) >= 11 is 1.53. The van der Waals surface area contributed by atoms with E-state index >= 15 is 0 Å². The van der Waals surface area contributed by atoms with Crippen molar-refractivity contribution in [2.45, 2.75) is 105 Å². The topological polar surface area (TPSA) is 196 Å². The van der Waals surface area contributed by atoms with E-state index in [9.17, 15) is 24.0 Å². The van der Waals surface area contributed by atoms with Crippen molar-refractivity contribution < 1.29 is 24.0 Å². The van der Waals surface area contributed by atoms with E-state index in [1.54, 1.807) is 24.4 Å². The van der Waals surface area contributed by atoms with Crippen LogP contribution in [0.15, 0.2) is 89.2 Å². The molecular formula is C48H54N10O5S. The highest BCUT2D eigenvalue weighted by atomic mass is 32.2. The van der Waals surface area contributed by atoms with Crippen LogP contribution in [0.4, 0.5) is 11.5 Å². The van der Waals surface area contributed by atoms with Gasteiger partial charge in [-0.1, -0.05) is 42.1 Å². The molecule has 5 N–H and O–H groups in total. The zero-order chi connectivity index (χ0) is 44.4. The highest BCUT2D eigenvalue weighted by Gasteiger charge is 2.39. The molecule has 5 amide bonds. The second-order valence-electron chi connectivity index (χ2n) is 18.0. The van der Waals surface area contributed by atoms with Crippen LogP contribution in [0.25, 0.3) is 5.57 Å². The number of nitrogens with two attached hydrogens (primary N) is 1. The molecule has 4 aliphatic heterocycles. The van der Waals surface area contributed by atoms with Crippen molar-refractivity contribution in [3.63, 3.8) is 0 Å². The molecule has 2 aromatic carbocycles. The SMILES string of the molecule is CC1(N)CCN(c2cnc(Sc3cccc(NC(=O)C4CCC(N5CC=C(c6ccc(C(=O)NCc7ccc8c(c7)CN(C7CCC(=O)NC7=O)C8=O)nc6)CC5)CC4)c3)cn2)CC1. The van der Waals surface area contributed by atoms with Gasteiger partial charge in [0.15, 0.2) is 0 Å². The maximum absolute atomic E-state index is 13.4. The van der Waals surface area contributed by atoms with E-state index in [1.165, 1.54) is 22.2 Å². The lowest BCUT2D eigenvalue weighted by Gasteiger charge is -2.38. The molecule has 2 saturated heterocycles. The first-order valence-corrected chi connectivity index (χ1v) is 23.2. The first-order valence-electron chi connectivity index (χ1n) is 22.3. The van der Waals surface area contributed by atoms with E-state index in [1.807, 2.05) is 48.8 Å². The van der Waals surface area contributed by atoms with E-state index in [0.29, 0.717) is 23.7 Å². The number of nitrogens with one attached hydrogen (secondary N) is 3. The highest BCUT2D eigenvalue weighted by Crippen LogP contribution is 2.34. The Hall–Kier alpha value is -5.97. The number of piperidine rings is 2. The molecule has 5 aliphatic rings. The fraction of sp³-hybridized carbons (Fsp3) is 0.417. The van der Waals surface area contributed by atoms with Gasteiger partial charge in [-0.2, -0.15) is 0 Å². The number of pyridine rings is 1. The monoisotopic (exact) mass is 882 g/mol. The standard InChI is InChI=1S/C48H54N10O5S/c1-48(49)17-21-57(22-18-48)41-27-52-43(28-51-41)64-37-4-2-3-35(24-37)54-44(60)32-6-9-36(10-7-32)56-19-15-31(16-20-56)33-8-12-39(50-26-33)45(61)53-25-30-5-11-38-34(23-30)29-58(47(38)63)40-13-14-42(59)55-46(40)62/h2-5,8,11-12,15,23-24,26-28,32,36,40H,6-7,9-10,13-14,16-22,25,29,49H2,1H3,(H,53,61)(H,54,60)(H,55,59,62). The molecule has 2 aromatic heterocycles. The van der Waals surface area contributed by atoms with Crippen molar-refractivity contribution in [2.75, 3.05) is 36.4 Å². The van der Waals surface area contributed by atoms with Gasteiger partial charge in [0.2, 0.25) is 17.7 Å². The second-order valence-corrected chi connectivity index (χ2v) is 19.1. The molecule has 0 spiro atoms. The number of amides is 5. The summed E-state index contributed by atoms with van der Waals surface area (Å²) in [6.07, 6.45) is 14.6. The summed E-state index contributed by atoms with van der Waals surface area (Å²) in [4.78, 5) is 84.5. The maximum atomic E-state index is 13.4. The Bertz CT molecular complexity index is 2460. The van der Waals surface area contributed by atoms with Gasteiger partial charge in [-0.05, 0) is 111 Å². The van der Waals surface area contributed by atoms with Crippen LogP contribution in [0, 0.1) is 5.92 Å². The van der Waals surface area contributed by atoms with Crippen molar-refractivity contribution in [3.8, 4) is 0 Å².